The van der Waals surface area contributed by atoms with E-state index in [-0.39, 0.29) is 6.04 Å². The zero-order valence-corrected chi connectivity index (χ0v) is 11.3. The summed E-state index contributed by atoms with van der Waals surface area (Å²) in [5.74, 6) is 0. The molecule has 17 heavy (non-hydrogen) atoms. The smallest absolute Gasteiger partial charge is 0.0605 e. The van der Waals surface area contributed by atoms with Crippen LogP contribution in [-0.2, 0) is 0 Å². The van der Waals surface area contributed by atoms with Crippen LogP contribution in [0.25, 0.3) is 0 Å². The summed E-state index contributed by atoms with van der Waals surface area (Å²) >= 11 is 1.80. The minimum absolute atomic E-state index is 0.264. The van der Waals surface area contributed by atoms with Crippen LogP contribution >= 0.6 is 11.3 Å². The van der Waals surface area contributed by atoms with Crippen molar-refractivity contribution in [3.63, 3.8) is 0 Å². The van der Waals surface area contributed by atoms with Crippen molar-refractivity contribution < 1.29 is 0 Å². The van der Waals surface area contributed by atoms with Gasteiger partial charge in [0.2, 0.25) is 0 Å². The quantitative estimate of drug-likeness (QED) is 0.893. The second-order valence-electron chi connectivity index (χ2n) is 4.10. The van der Waals surface area contributed by atoms with Crippen LogP contribution in [0.1, 0.15) is 34.7 Å². The Morgan fingerprint density at radius 1 is 1.29 bits per heavy atom. The average Bonchev–Trinajstić information content (AvgIpc) is 2.74. The van der Waals surface area contributed by atoms with Crippen LogP contribution in [-0.4, -0.2) is 11.5 Å². The van der Waals surface area contributed by atoms with Gasteiger partial charge in [-0.2, -0.15) is 0 Å². The Morgan fingerprint density at radius 2 is 2.12 bits per heavy atom. The first-order valence-corrected chi connectivity index (χ1v) is 6.81. The fourth-order valence-corrected chi connectivity index (χ4v) is 2.83. The number of nitrogens with zero attached hydrogens (tertiary/aromatic N) is 1. The standard InChI is InChI=1S/C14H18N2S/c1-4-15-14(13-7-9-17-11(13)3)12-6-5-8-16-10(12)2/h5-9,14-15H,4H2,1-3H3. The third-order valence-electron chi connectivity index (χ3n) is 2.98. The van der Waals surface area contributed by atoms with Gasteiger partial charge in [-0.25, -0.2) is 0 Å². The van der Waals surface area contributed by atoms with Crippen molar-refractivity contribution in [2.24, 2.45) is 0 Å². The molecule has 0 aliphatic rings. The summed E-state index contributed by atoms with van der Waals surface area (Å²) in [6, 6.07) is 6.64. The molecule has 2 heterocycles. The van der Waals surface area contributed by atoms with Gasteiger partial charge in [0.1, 0.15) is 0 Å². The fourth-order valence-electron chi connectivity index (χ4n) is 2.09. The van der Waals surface area contributed by atoms with Gasteiger partial charge in [0.25, 0.3) is 0 Å². The molecule has 0 aliphatic heterocycles. The first-order chi connectivity index (χ1) is 8.24. The maximum absolute atomic E-state index is 4.39. The maximum Gasteiger partial charge on any atom is 0.0605 e. The summed E-state index contributed by atoms with van der Waals surface area (Å²) in [5.41, 5.74) is 3.74. The first-order valence-electron chi connectivity index (χ1n) is 5.93. The number of aryl methyl sites for hydroxylation is 2. The minimum Gasteiger partial charge on any atom is -0.306 e. The molecule has 90 valence electrons. The molecule has 0 aromatic carbocycles. The highest BCUT2D eigenvalue weighted by Crippen LogP contribution is 2.29. The molecule has 2 aromatic heterocycles. The van der Waals surface area contributed by atoms with Gasteiger partial charge in [0, 0.05) is 16.8 Å². The summed E-state index contributed by atoms with van der Waals surface area (Å²) in [4.78, 5) is 5.76. The number of nitrogens with one attached hydrogen (secondary N) is 1. The van der Waals surface area contributed by atoms with Crippen LogP contribution in [0.4, 0.5) is 0 Å². The highest BCUT2D eigenvalue weighted by Gasteiger charge is 2.17. The minimum atomic E-state index is 0.264. The van der Waals surface area contributed by atoms with Crippen LogP contribution in [0, 0.1) is 13.8 Å². The second kappa shape index (κ2) is 5.43. The lowest BCUT2D eigenvalue weighted by Crippen LogP contribution is -2.23. The number of pyridine rings is 1. The van der Waals surface area contributed by atoms with E-state index < -0.39 is 0 Å². The van der Waals surface area contributed by atoms with Crippen LogP contribution in [0.15, 0.2) is 29.8 Å². The molecule has 0 bridgehead atoms. The number of hydrogen-bond donors (Lipinski definition) is 1. The van der Waals surface area contributed by atoms with E-state index >= 15 is 0 Å². The lowest BCUT2D eigenvalue weighted by molar-refractivity contribution is 0.624. The predicted octanol–water partition coefficient (Wildman–Crippen LogP) is 3.46. The number of aromatic nitrogens is 1. The van der Waals surface area contributed by atoms with Gasteiger partial charge in [-0.15, -0.1) is 11.3 Å². The summed E-state index contributed by atoms with van der Waals surface area (Å²) < 4.78 is 0. The Balaban J connectivity index is 2.43. The van der Waals surface area contributed by atoms with Crippen LogP contribution < -0.4 is 5.32 Å². The van der Waals surface area contributed by atoms with Gasteiger partial charge in [-0.1, -0.05) is 13.0 Å². The molecule has 2 rings (SSSR count). The largest absolute Gasteiger partial charge is 0.306 e. The lowest BCUT2D eigenvalue weighted by Gasteiger charge is -2.20. The van der Waals surface area contributed by atoms with Crippen LogP contribution in [0.2, 0.25) is 0 Å². The van der Waals surface area contributed by atoms with E-state index in [9.17, 15) is 0 Å². The van der Waals surface area contributed by atoms with E-state index in [2.05, 4.69) is 48.6 Å². The van der Waals surface area contributed by atoms with Crippen molar-refractivity contribution in [3.05, 3.63) is 51.5 Å². The molecular formula is C14H18N2S. The number of rotatable bonds is 4. The predicted molar refractivity (Wildman–Crippen MR) is 73.5 cm³/mol. The van der Waals surface area contributed by atoms with Gasteiger partial charge in [-0.3, -0.25) is 4.98 Å². The van der Waals surface area contributed by atoms with E-state index in [1.165, 1.54) is 16.0 Å². The molecule has 0 aliphatic carbocycles. The molecule has 0 radical (unpaired) electrons. The van der Waals surface area contributed by atoms with Crippen molar-refractivity contribution in [1.82, 2.24) is 10.3 Å². The SMILES string of the molecule is CCNC(c1cccnc1C)c1ccsc1C. The van der Waals surface area contributed by atoms with Gasteiger partial charge in [0.15, 0.2) is 0 Å². The van der Waals surface area contributed by atoms with Gasteiger partial charge >= 0.3 is 0 Å². The molecule has 1 unspecified atom stereocenters. The molecule has 2 nitrogen and oxygen atoms in total. The van der Waals surface area contributed by atoms with E-state index in [1.807, 2.05) is 12.3 Å². The number of thiophene rings is 1. The highest BCUT2D eigenvalue weighted by molar-refractivity contribution is 7.10. The summed E-state index contributed by atoms with van der Waals surface area (Å²) in [6.45, 7) is 7.34. The van der Waals surface area contributed by atoms with Gasteiger partial charge < -0.3 is 5.32 Å². The maximum atomic E-state index is 4.39. The Morgan fingerprint density at radius 3 is 2.71 bits per heavy atom. The first kappa shape index (κ1) is 12.3. The lowest BCUT2D eigenvalue weighted by atomic mass is 9.98. The zero-order valence-electron chi connectivity index (χ0n) is 10.5. The number of hydrogen-bond acceptors (Lipinski definition) is 3. The fraction of sp³-hybridized carbons (Fsp3) is 0.357. The second-order valence-corrected chi connectivity index (χ2v) is 5.22. The average molecular weight is 246 g/mol. The molecule has 0 fully saturated rings. The van der Waals surface area contributed by atoms with E-state index in [4.69, 9.17) is 0 Å². The Kier molecular flexibility index (Phi) is 3.92. The molecule has 1 atom stereocenters. The molecule has 0 amide bonds. The Labute approximate surface area is 107 Å². The third-order valence-corrected chi connectivity index (χ3v) is 3.84. The highest BCUT2D eigenvalue weighted by atomic mass is 32.1. The Bertz CT molecular complexity index is 490. The van der Waals surface area contributed by atoms with Crippen LogP contribution in [0.5, 0.6) is 0 Å². The molecule has 0 saturated heterocycles. The topological polar surface area (TPSA) is 24.9 Å². The van der Waals surface area contributed by atoms with Crippen molar-refractivity contribution >= 4 is 11.3 Å². The third kappa shape index (κ3) is 2.56. The summed E-state index contributed by atoms with van der Waals surface area (Å²) in [7, 11) is 0. The van der Waals surface area contributed by atoms with Crippen molar-refractivity contribution in [2.75, 3.05) is 6.54 Å². The Hall–Kier alpha value is -1.19. The molecule has 2 aromatic rings. The monoisotopic (exact) mass is 246 g/mol. The van der Waals surface area contributed by atoms with E-state index in [1.54, 1.807) is 11.3 Å². The van der Waals surface area contributed by atoms with Gasteiger partial charge in [0.05, 0.1) is 6.04 Å². The van der Waals surface area contributed by atoms with Gasteiger partial charge in [-0.05, 0) is 49.0 Å². The van der Waals surface area contributed by atoms with Crippen molar-refractivity contribution in [1.29, 1.82) is 0 Å². The normalized spacial score (nSPS) is 12.6. The molecule has 3 heteroatoms. The molecule has 1 N–H and O–H groups in total. The summed E-state index contributed by atoms with van der Waals surface area (Å²) in [5, 5.41) is 5.70. The van der Waals surface area contributed by atoms with E-state index in [0.29, 0.717) is 0 Å². The summed E-state index contributed by atoms with van der Waals surface area (Å²) in [6.07, 6.45) is 1.85. The molecular weight excluding hydrogens is 228 g/mol. The molecule has 0 saturated carbocycles. The van der Waals surface area contributed by atoms with Crippen LogP contribution in [0.3, 0.4) is 0 Å². The van der Waals surface area contributed by atoms with E-state index in [0.717, 1.165) is 12.2 Å². The van der Waals surface area contributed by atoms with Crippen molar-refractivity contribution in [3.8, 4) is 0 Å². The van der Waals surface area contributed by atoms with Crippen molar-refractivity contribution in [2.45, 2.75) is 26.8 Å². The zero-order chi connectivity index (χ0) is 12.3. The molecule has 0 spiro atoms.